The number of anilines is 2. The number of nitrogens with zero attached hydrogens (tertiary/aromatic N) is 2. The number of benzene rings is 2. The highest BCUT2D eigenvalue weighted by Gasteiger charge is 2.23. The fraction of sp³-hybridized carbons (Fsp3) is 0.185. The molecule has 2 aromatic carbocycles. The lowest BCUT2D eigenvalue weighted by molar-refractivity contribution is -0.115. The Morgan fingerprint density at radius 1 is 1.09 bits per heavy atom. The zero-order chi connectivity index (χ0) is 24.0. The summed E-state index contributed by atoms with van der Waals surface area (Å²) in [6, 6.07) is 14.8. The van der Waals surface area contributed by atoms with Crippen molar-refractivity contribution >= 4 is 34.1 Å². The Kier molecular flexibility index (Phi) is 5.12. The van der Waals surface area contributed by atoms with E-state index < -0.39 is 5.67 Å². The quantitative estimate of drug-likeness (QED) is 0.423. The summed E-state index contributed by atoms with van der Waals surface area (Å²) in [7, 11) is 0. The molecule has 2 amide bonds. The lowest BCUT2D eigenvalue weighted by Gasteiger charge is -2.15. The van der Waals surface area contributed by atoms with Gasteiger partial charge in [-0.25, -0.2) is 9.37 Å². The second kappa shape index (κ2) is 8.02. The first-order valence-electron chi connectivity index (χ1n) is 11.0. The normalized spacial score (nSPS) is 13.0. The molecule has 0 bridgehead atoms. The average molecular weight is 455 g/mol. The Balaban J connectivity index is 1.45. The van der Waals surface area contributed by atoms with E-state index in [2.05, 4.69) is 20.6 Å². The summed E-state index contributed by atoms with van der Waals surface area (Å²) < 4.78 is 14.3. The summed E-state index contributed by atoms with van der Waals surface area (Å²) in [4.78, 5) is 33.0. The highest BCUT2D eigenvalue weighted by Crippen LogP contribution is 2.33. The van der Waals surface area contributed by atoms with Crippen molar-refractivity contribution in [3.05, 3.63) is 83.3 Å². The van der Waals surface area contributed by atoms with Crippen molar-refractivity contribution in [2.75, 3.05) is 10.6 Å². The maximum atomic E-state index is 14.3. The number of nitrogens with one attached hydrogen (secondary N) is 2. The lowest BCUT2D eigenvalue weighted by atomic mass is 9.96. The number of hydrogen-bond acceptors (Lipinski definition) is 4. The average Bonchev–Trinajstić information content (AvgIpc) is 3.20. The molecule has 0 aliphatic carbocycles. The molecule has 4 aromatic rings. The standard InChI is InChI=1S/C27H23FN4O2/c1-15-4-6-19(31-26(34)17-8-9-29-23(11-17)27(2,3)28)12-21(15)16-5-7-20-18(10-16)14-30-25-22(20)13-24(33)32-25/h4-12,14H,13H2,1-3H3,(H,31,34)(H,30,32,33). The minimum absolute atomic E-state index is 0.0465. The van der Waals surface area contributed by atoms with Gasteiger partial charge in [-0.05, 0) is 73.2 Å². The Morgan fingerprint density at radius 3 is 2.71 bits per heavy atom. The van der Waals surface area contributed by atoms with Crippen LogP contribution in [0.15, 0.2) is 60.9 Å². The van der Waals surface area contributed by atoms with Gasteiger partial charge in [-0.15, -0.1) is 0 Å². The van der Waals surface area contributed by atoms with Crippen LogP contribution in [0.3, 0.4) is 0 Å². The summed E-state index contributed by atoms with van der Waals surface area (Å²) in [5.74, 6) is 0.245. The zero-order valence-electron chi connectivity index (χ0n) is 19.1. The van der Waals surface area contributed by atoms with Crippen LogP contribution in [-0.4, -0.2) is 21.8 Å². The maximum Gasteiger partial charge on any atom is 0.255 e. The van der Waals surface area contributed by atoms with Crippen molar-refractivity contribution in [2.45, 2.75) is 32.9 Å². The van der Waals surface area contributed by atoms with E-state index in [4.69, 9.17) is 0 Å². The summed E-state index contributed by atoms with van der Waals surface area (Å²) in [6.45, 7) is 4.82. The molecule has 170 valence electrons. The molecule has 0 fully saturated rings. The van der Waals surface area contributed by atoms with Crippen molar-refractivity contribution in [3.8, 4) is 11.1 Å². The van der Waals surface area contributed by atoms with Crippen molar-refractivity contribution in [1.29, 1.82) is 0 Å². The third-order valence-corrected chi connectivity index (χ3v) is 6.03. The molecule has 0 spiro atoms. The lowest BCUT2D eigenvalue weighted by Crippen LogP contribution is -2.16. The number of carbonyl (C=O) groups excluding carboxylic acids is 2. The fourth-order valence-corrected chi connectivity index (χ4v) is 4.19. The first-order chi connectivity index (χ1) is 16.2. The molecule has 2 N–H and O–H groups in total. The molecule has 5 rings (SSSR count). The summed E-state index contributed by atoms with van der Waals surface area (Å²) in [6.07, 6.45) is 3.53. The molecule has 0 atom stereocenters. The summed E-state index contributed by atoms with van der Waals surface area (Å²) in [5.41, 5.74) is 3.45. The van der Waals surface area contributed by atoms with E-state index in [1.165, 1.54) is 26.1 Å². The Morgan fingerprint density at radius 2 is 1.91 bits per heavy atom. The number of rotatable bonds is 4. The summed E-state index contributed by atoms with van der Waals surface area (Å²) >= 11 is 0. The van der Waals surface area contributed by atoms with Gasteiger partial charge in [0.25, 0.3) is 5.91 Å². The van der Waals surface area contributed by atoms with E-state index in [0.717, 1.165) is 33.0 Å². The van der Waals surface area contributed by atoms with Crippen molar-refractivity contribution in [1.82, 2.24) is 9.97 Å². The van der Waals surface area contributed by atoms with E-state index in [1.807, 2.05) is 43.3 Å². The van der Waals surface area contributed by atoms with Gasteiger partial charge in [0, 0.05) is 34.6 Å². The molecule has 0 saturated carbocycles. The molecule has 3 heterocycles. The third-order valence-electron chi connectivity index (χ3n) is 6.03. The molecule has 1 aliphatic rings. The molecule has 7 heteroatoms. The van der Waals surface area contributed by atoms with Crippen LogP contribution in [0.4, 0.5) is 15.9 Å². The van der Waals surface area contributed by atoms with Crippen LogP contribution < -0.4 is 10.6 Å². The maximum absolute atomic E-state index is 14.3. The molecular formula is C27H23FN4O2. The number of hydrogen-bond donors (Lipinski definition) is 2. The number of pyridine rings is 2. The van der Waals surface area contributed by atoms with Gasteiger partial charge in [0.05, 0.1) is 12.1 Å². The number of carbonyl (C=O) groups is 2. The van der Waals surface area contributed by atoms with Crippen molar-refractivity contribution in [2.24, 2.45) is 0 Å². The van der Waals surface area contributed by atoms with Gasteiger partial charge < -0.3 is 10.6 Å². The van der Waals surface area contributed by atoms with Gasteiger partial charge in [-0.2, -0.15) is 0 Å². The fourth-order valence-electron chi connectivity index (χ4n) is 4.19. The van der Waals surface area contributed by atoms with E-state index in [1.54, 1.807) is 12.3 Å². The largest absolute Gasteiger partial charge is 0.322 e. The highest BCUT2D eigenvalue weighted by molar-refractivity contribution is 6.06. The van der Waals surface area contributed by atoms with Crippen LogP contribution in [0.5, 0.6) is 0 Å². The predicted molar refractivity (Wildman–Crippen MR) is 131 cm³/mol. The smallest absolute Gasteiger partial charge is 0.255 e. The van der Waals surface area contributed by atoms with Gasteiger partial charge in [0.2, 0.25) is 5.91 Å². The van der Waals surface area contributed by atoms with Gasteiger partial charge in [0.1, 0.15) is 11.5 Å². The number of halogens is 1. The second-order valence-corrected chi connectivity index (χ2v) is 9.00. The summed E-state index contributed by atoms with van der Waals surface area (Å²) in [5, 5.41) is 7.63. The Bertz CT molecular complexity index is 1470. The monoisotopic (exact) mass is 454 g/mol. The number of aryl methyl sites for hydroxylation is 1. The predicted octanol–water partition coefficient (Wildman–Crippen LogP) is 5.56. The number of aromatic nitrogens is 2. The topological polar surface area (TPSA) is 84.0 Å². The SMILES string of the molecule is Cc1ccc(NC(=O)c2ccnc(C(C)(C)F)c2)cc1-c1ccc2c3c(ncc2c1)NC(=O)C3. The van der Waals surface area contributed by atoms with Gasteiger partial charge in [-0.3, -0.25) is 14.6 Å². The van der Waals surface area contributed by atoms with Crippen molar-refractivity contribution < 1.29 is 14.0 Å². The van der Waals surface area contributed by atoms with E-state index in [9.17, 15) is 14.0 Å². The van der Waals surface area contributed by atoms with E-state index in [0.29, 0.717) is 23.5 Å². The Hall–Kier alpha value is -4.13. The van der Waals surface area contributed by atoms with Crippen LogP contribution in [-0.2, 0) is 16.9 Å². The van der Waals surface area contributed by atoms with Crippen molar-refractivity contribution in [3.63, 3.8) is 0 Å². The molecule has 0 radical (unpaired) electrons. The van der Waals surface area contributed by atoms with Crippen LogP contribution in [0, 0.1) is 6.92 Å². The zero-order valence-corrected chi connectivity index (χ0v) is 19.1. The minimum Gasteiger partial charge on any atom is -0.322 e. The second-order valence-electron chi connectivity index (χ2n) is 9.00. The molecule has 2 aromatic heterocycles. The van der Waals surface area contributed by atoms with Gasteiger partial charge in [0.15, 0.2) is 0 Å². The molecule has 34 heavy (non-hydrogen) atoms. The molecular weight excluding hydrogens is 431 g/mol. The Labute approximate surface area is 196 Å². The van der Waals surface area contributed by atoms with Gasteiger partial charge in [-0.1, -0.05) is 18.2 Å². The highest BCUT2D eigenvalue weighted by atomic mass is 19.1. The molecule has 0 saturated heterocycles. The first kappa shape index (κ1) is 21.7. The van der Waals surface area contributed by atoms with Crippen LogP contribution >= 0.6 is 0 Å². The molecule has 1 aliphatic heterocycles. The minimum atomic E-state index is -1.64. The van der Waals surface area contributed by atoms with E-state index >= 15 is 0 Å². The molecule has 6 nitrogen and oxygen atoms in total. The number of alkyl halides is 1. The number of amides is 2. The van der Waals surface area contributed by atoms with Crippen LogP contribution in [0.2, 0.25) is 0 Å². The van der Waals surface area contributed by atoms with Crippen LogP contribution in [0.1, 0.15) is 41.0 Å². The van der Waals surface area contributed by atoms with E-state index in [-0.39, 0.29) is 17.5 Å². The number of fused-ring (bicyclic) bond motifs is 3. The first-order valence-corrected chi connectivity index (χ1v) is 11.0. The third kappa shape index (κ3) is 4.01. The molecule has 0 unspecified atom stereocenters. The van der Waals surface area contributed by atoms with Crippen LogP contribution in [0.25, 0.3) is 21.9 Å². The van der Waals surface area contributed by atoms with Gasteiger partial charge >= 0.3 is 0 Å².